The molecule has 0 unspecified atom stereocenters. The summed E-state index contributed by atoms with van der Waals surface area (Å²) in [6.45, 7) is 4.95. The van der Waals surface area contributed by atoms with Gasteiger partial charge in [0.15, 0.2) is 5.78 Å². The number of halogens is 1. The number of fused-ring (bicyclic) bond motifs is 3. The quantitative estimate of drug-likeness (QED) is 0.780. The Morgan fingerprint density at radius 3 is 2.67 bits per heavy atom. The Bertz CT molecular complexity index is 723. The molecule has 2 saturated heterocycles. The van der Waals surface area contributed by atoms with E-state index in [0.717, 1.165) is 13.1 Å². The molecule has 8 heteroatoms. The zero-order valence-corrected chi connectivity index (χ0v) is 14.0. The number of hydrogen-bond donors (Lipinski definition) is 2. The monoisotopic (exact) mass is 351 g/mol. The number of aliphatic carboxylic acids is 1. The normalized spacial score (nSPS) is 28.9. The van der Waals surface area contributed by atoms with Crippen molar-refractivity contribution < 1.29 is 19.1 Å². The van der Waals surface area contributed by atoms with Crippen LogP contribution in [0, 0.1) is 11.7 Å². The number of benzene rings is 1. The lowest BCUT2D eigenvalue weighted by atomic mass is 9.89. The molecule has 0 aromatic heterocycles. The molecule has 6 nitrogen and oxygen atoms in total. The summed E-state index contributed by atoms with van der Waals surface area (Å²) in [5.74, 6) is -3.24. The maximum absolute atomic E-state index is 14.6. The van der Waals surface area contributed by atoms with Crippen LogP contribution in [0.3, 0.4) is 0 Å². The predicted molar refractivity (Wildman–Crippen MR) is 90.3 cm³/mol. The fourth-order valence-electron chi connectivity index (χ4n) is 3.69. The number of hydrogen-bond acceptors (Lipinski definition) is 6. The van der Waals surface area contributed by atoms with Crippen molar-refractivity contribution in [3.8, 4) is 0 Å². The third-order valence-electron chi connectivity index (χ3n) is 4.90. The number of carbonyl (C=O) groups is 2. The lowest BCUT2D eigenvalue weighted by Gasteiger charge is -2.53. The third kappa shape index (κ3) is 2.20. The van der Waals surface area contributed by atoms with Gasteiger partial charge in [-0.1, -0.05) is 0 Å². The molecule has 3 aliphatic heterocycles. The third-order valence-corrected chi connectivity index (χ3v) is 6.30. The van der Waals surface area contributed by atoms with Gasteiger partial charge in [0, 0.05) is 31.7 Å². The van der Waals surface area contributed by atoms with Gasteiger partial charge in [-0.15, -0.1) is 11.8 Å². The number of Topliss-reactive ketones (excluding diaryl/α,β-unsaturated/α-hetero) is 1. The van der Waals surface area contributed by atoms with Gasteiger partial charge in [-0.25, -0.2) is 4.39 Å². The van der Waals surface area contributed by atoms with Crippen LogP contribution in [0.1, 0.15) is 17.3 Å². The van der Waals surface area contributed by atoms with Crippen LogP contribution < -0.4 is 15.1 Å². The largest absolute Gasteiger partial charge is 0.481 e. The first-order chi connectivity index (χ1) is 11.5. The van der Waals surface area contributed by atoms with Crippen molar-refractivity contribution in [2.75, 3.05) is 36.0 Å². The standard InChI is InChI=1S/C16H18FN3O3S/c1-8-20-11-7-12(19-4-2-18-3-5-19)10(17)6-9(11)14(21)13(16(22)23)15(20)24-8/h6-8,13,15,18H,2-5H2,1H3,(H,22,23)/t8-,13-,15+/m0/s1. The second-order valence-corrected chi connectivity index (χ2v) is 7.71. The second-order valence-electron chi connectivity index (χ2n) is 6.27. The second kappa shape index (κ2) is 5.63. The number of rotatable bonds is 2. The highest BCUT2D eigenvalue weighted by atomic mass is 32.2. The van der Waals surface area contributed by atoms with E-state index in [9.17, 15) is 19.1 Å². The number of ketones is 1. The molecular weight excluding hydrogens is 333 g/mol. The smallest absolute Gasteiger partial charge is 0.317 e. The van der Waals surface area contributed by atoms with Crippen LogP contribution in [-0.2, 0) is 4.79 Å². The highest BCUT2D eigenvalue weighted by Crippen LogP contribution is 2.51. The molecule has 0 aliphatic carbocycles. The number of anilines is 2. The maximum atomic E-state index is 14.6. The van der Waals surface area contributed by atoms with Crippen molar-refractivity contribution in [1.82, 2.24) is 5.32 Å². The van der Waals surface area contributed by atoms with Gasteiger partial charge in [0.2, 0.25) is 0 Å². The molecule has 1 aromatic carbocycles. The Hall–Kier alpha value is -1.80. The number of thioether (sulfide) groups is 1. The molecule has 3 heterocycles. The lowest BCUT2D eigenvalue weighted by Crippen LogP contribution is -2.60. The van der Waals surface area contributed by atoms with E-state index in [-0.39, 0.29) is 10.9 Å². The van der Waals surface area contributed by atoms with E-state index in [4.69, 9.17) is 0 Å². The molecule has 3 atom stereocenters. The first-order valence-electron chi connectivity index (χ1n) is 7.99. The van der Waals surface area contributed by atoms with Crippen LogP contribution in [0.25, 0.3) is 0 Å². The van der Waals surface area contributed by atoms with Crippen molar-refractivity contribution in [2.24, 2.45) is 5.92 Å². The van der Waals surface area contributed by atoms with E-state index in [0.29, 0.717) is 24.5 Å². The Kier molecular flexibility index (Phi) is 3.69. The summed E-state index contributed by atoms with van der Waals surface area (Å²) in [4.78, 5) is 28.0. The van der Waals surface area contributed by atoms with Gasteiger partial charge >= 0.3 is 5.97 Å². The van der Waals surface area contributed by atoms with E-state index in [1.54, 1.807) is 6.07 Å². The molecular formula is C16H18FN3O3S. The number of piperazine rings is 1. The Morgan fingerprint density at radius 2 is 2.04 bits per heavy atom. The SMILES string of the molecule is C[C@@H]1S[C@@H]2[C@@H](C(=O)O)C(=O)c3cc(F)c(N4CCNCC4)cc3N12. The van der Waals surface area contributed by atoms with Crippen molar-refractivity contribution in [1.29, 1.82) is 0 Å². The number of nitrogens with one attached hydrogen (secondary N) is 1. The summed E-state index contributed by atoms with van der Waals surface area (Å²) in [6.07, 6.45) is 0. The Morgan fingerprint density at radius 1 is 1.33 bits per heavy atom. The zero-order valence-electron chi connectivity index (χ0n) is 13.2. The molecule has 3 aliphatic rings. The fourth-order valence-corrected chi connectivity index (χ4v) is 5.10. The number of carboxylic acids is 1. The van der Waals surface area contributed by atoms with E-state index in [1.165, 1.54) is 17.8 Å². The minimum absolute atomic E-state index is 0.0741. The summed E-state index contributed by atoms with van der Waals surface area (Å²) in [5, 5.41) is 12.3. The molecule has 0 amide bonds. The maximum Gasteiger partial charge on any atom is 0.317 e. The number of carboxylic acid groups (broad SMARTS) is 1. The molecule has 128 valence electrons. The summed E-state index contributed by atoms with van der Waals surface area (Å²) >= 11 is 1.47. The highest BCUT2D eigenvalue weighted by Gasteiger charge is 2.53. The van der Waals surface area contributed by atoms with E-state index < -0.39 is 28.9 Å². The minimum atomic E-state index is -1.15. The van der Waals surface area contributed by atoms with Crippen molar-refractivity contribution in [3.63, 3.8) is 0 Å². The highest BCUT2D eigenvalue weighted by molar-refractivity contribution is 8.02. The molecule has 2 N–H and O–H groups in total. The lowest BCUT2D eigenvalue weighted by molar-refractivity contribution is -0.140. The predicted octanol–water partition coefficient (Wildman–Crippen LogP) is 1.36. The molecule has 4 rings (SSSR count). The Balaban J connectivity index is 1.79. The fraction of sp³-hybridized carbons (Fsp3) is 0.500. The summed E-state index contributed by atoms with van der Waals surface area (Å²) in [7, 11) is 0. The number of carbonyl (C=O) groups excluding carboxylic acids is 1. The zero-order chi connectivity index (χ0) is 17.0. The first-order valence-corrected chi connectivity index (χ1v) is 8.93. The van der Waals surface area contributed by atoms with Crippen LogP contribution >= 0.6 is 11.8 Å². The van der Waals surface area contributed by atoms with Crippen LogP contribution in [0.2, 0.25) is 0 Å². The molecule has 0 radical (unpaired) electrons. The average molecular weight is 351 g/mol. The molecule has 1 aromatic rings. The molecule has 0 bridgehead atoms. The Labute approximate surface area is 143 Å². The molecule has 24 heavy (non-hydrogen) atoms. The minimum Gasteiger partial charge on any atom is -0.481 e. The van der Waals surface area contributed by atoms with Gasteiger partial charge < -0.3 is 20.2 Å². The van der Waals surface area contributed by atoms with Crippen molar-refractivity contribution >= 4 is 34.9 Å². The topological polar surface area (TPSA) is 72.9 Å². The van der Waals surface area contributed by atoms with Gasteiger partial charge in [0.25, 0.3) is 0 Å². The van der Waals surface area contributed by atoms with Gasteiger partial charge in [-0.3, -0.25) is 9.59 Å². The van der Waals surface area contributed by atoms with Gasteiger partial charge in [0.05, 0.1) is 22.1 Å². The van der Waals surface area contributed by atoms with E-state index in [1.807, 2.05) is 16.7 Å². The summed E-state index contributed by atoms with van der Waals surface area (Å²) in [5.41, 5.74) is 1.32. The van der Waals surface area contributed by atoms with Crippen LogP contribution in [0.5, 0.6) is 0 Å². The van der Waals surface area contributed by atoms with Gasteiger partial charge in [0.1, 0.15) is 11.7 Å². The van der Waals surface area contributed by atoms with Crippen LogP contribution in [0.15, 0.2) is 12.1 Å². The van der Waals surface area contributed by atoms with Crippen molar-refractivity contribution in [3.05, 3.63) is 23.5 Å². The van der Waals surface area contributed by atoms with E-state index in [2.05, 4.69) is 5.32 Å². The van der Waals surface area contributed by atoms with Gasteiger partial charge in [-0.05, 0) is 19.1 Å². The van der Waals surface area contributed by atoms with Crippen molar-refractivity contribution in [2.45, 2.75) is 17.7 Å². The van der Waals surface area contributed by atoms with Crippen LogP contribution in [0.4, 0.5) is 15.8 Å². The summed E-state index contributed by atoms with van der Waals surface area (Å²) in [6, 6.07) is 2.94. The average Bonchev–Trinajstić information content (AvgIpc) is 2.55. The summed E-state index contributed by atoms with van der Waals surface area (Å²) < 4.78 is 14.6. The number of nitrogens with zero attached hydrogens (tertiary/aromatic N) is 2. The van der Waals surface area contributed by atoms with Crippen LogP contribution in [-0.4, -0.2) is 53.8 Å². The van der Waals surface area contributed by atoms with Gasteiger partial charge in [-0.2, -0.15) is 0 Å². The molecule has 2 fully saturated rings. The van der Waals surface area contributed by atoms with E-state index >= 15 is 0 Å². The first kappa shape index (κ1) is 15.7. The molecule has 0 spiro atoms. The molecule has 0 saturated carbocycles.